The summed E-state index contributed by atoms with van der Waals surface area (Å²) in [6.45, 7) is 0. The number of rotatable bonds is 11. The van der Waals surface area contributed by atoms with E-state index >= 15 is 0 Å². The Balaban J connectivity index is 0.910. The van der Waals surface area contributed by atoms with Crippen LogP contribution in [0, 0.1) is 0 Å². The van der Waals surface area contributed by atoms with E-state index in [1.54, 1.807) is 0 Å². The topological polar surface area (TPSA) is 37.2 Å². The van der Waals surface area contributed by atoms with Gasteiger partial charge in [-0.1, -0.05) is 182 Å². The van der Waals surface area contributed by atoms with E-state index in [1.165, 1.54) is 0 Å². The Morgan fingerprint density at radius 1 is 0.246 bits per heavy atom. The van der Waals surface area contributed by atoms with Gasteiger partial charge in [0.05, 0.1) is 5.69 Å². The van der Waals surface area contributed by atoms with E-state index < -0.39 is 0 Å². The Morgan fingerprint density at radius 2 is 0.538 bits per heavy atom. The number of anilines is 6. The highest BCUT2D eigenvalue weighted by atomic mass is 15.3. The zero-order valence-electron chi connectivity index (χ0n) is 35.6. The molecule has 0 N–H and O–H groups in total. The number of para-hydroxylation sites is 4. The van der Waals surface area contributed by atoms with Crippen LogP contribution in [-0.2, 0) is 0 Å². The van der Waals surface area contributed by atoms with Gasteiger partial charge in [0.2, 0.25) is 0 Å². The van der Waals surface area contributed by atoms with Crippen LogP contribution in [0.1, 0.15) is 0 Å². The molecule has 0 radical (unpaired) electrons. The van der Waals surface area contributed by atoms with E-state index in [4.69, 9.17) is 10.2 Å². The van der Waals surface area contributed by atoms with Crippen molar-refractivity contribution in [2.45, 2.75) is 0 Å². The van der Waals surface area contributed by atoms with Crippen LogP contribution >= 0.6 is 0 Å². The van der Waals surface area contributed by atoms with E-state index in [2.05, 4.69) is 275 Å². The molecule has 0 fully saturated rings. The van der Waals surface area contributed by atoms with Crippen LogP contribution in [-0.4, -0.2) is 14.8 Å². The first kappa shape index (κ1) is 39.1. The molecule has 0 amide bonds. The zero-order chi connectivity index (χ0) is 43.4. The van der Waals surface area contributed by atoms with Crippen LogP contribution in [0.15, 0.2) is 261 Å². The minimum Gasteiger partial charge on any atom is -0.311 e. The van der Waals surface area contributed by atoms with Crippen molar-refractivity contribution in [3.63, 3.8) is 0 Å². The maximum absolute atomic E-state index is 4.90. The van der Waals surface area contributed by atoms with Gasteiger partial charge < -0.3 is 9.80 Å². The van der Waals surface area contributed by atoms with E-state index in [1.807, 2.05) is 0 Å². The average molecular weight is 834 g/mol. The molecule has 5 nitrogen and oxygen atoms in total. The predicted molar refractivity (Wildman–Crippen MR) is 270 cm³/mol. The van der Waals surface area contributed by atoms with Gasteiger partial charge in [-0.15, -0.1) is 10.2 Å². The van der Waals surface area contributed by atoms with Crippen molar-refractivity contribution >= 4 is 44.9 Å². The molecule has 65 heavy (non-hydrogen) atoms. The lowest BCUT2D eigenvalue weighted by molar-refractivity contribution is 1.08. The second-order valence-electron chi connectivity index (χ2n) is 15.9. The van der Waals surface area contributed by atoms with E-state index in [9.17, 15) is 0 Å². The molecule has 11 aromatic rings. The van der Waals surface area contributed by atoms with Crippen LogP contribution in [0.3, 0.4) is 0 Å². The molecule has 1 heterocycles. The molecule has 0 bridgehead atoms. The van der Waals surface area contributed by atoms with Crippen molar-refractivity contribution in [3.05, 3.63) is 261 Å². The standard InChI is InChI=1S/C60H43N5/c1-5-18-51(19-6-1)63(52-20-7-2-8-21-52)55-40-36-46(37-41-55)44-28-32-49(33-29-44)59-61-62-60(65(59)58-27-15-17-48-16-13-14-26-57(48)58)50-34-30-45(31-35-50)47-38-42-56(43-39-47)64(53-22-9-3-10-23-53)54-24-11-4-12-25-54/h1-43H. The zero-order valence-corrected chi connectivity index (χ0v) is 35.6. The third-order valence-electron chi connectivity index (χ3n) is 11.9. The minimum atomic E-state index is 0.778. The van der Waals surface area contributed by atoms with Gasteiger partial charge in [-0.2, -0.15) is 0 Å². The highest BCUT2D eigenvalue weighted by Gasteiger charge is 2.20. The van der Waals surface area contributed by atoms with Crippen molar-refractivity contribution in [3.8, 4) is 50.7 Å². The summed E-state index contributed by atoms with van der Waals surface area (Å²) in [5.74, 6) is 1.56. The number of benzene rings is 10. The molecule has 10 aromatic carbocycles. The molecule has 0 aliphatic rings. The second kappa shape index (κ2) is 17.5. The molecule has 0 unspecified atom stereocenters. The highest BCUT2D eigenvalue weighted by molar-refractivity contribution is 5.92. The van der Waals surface area contributed by atoms with Gasteiger partial charge in [0.15, 0.2) is 11.6 Å². The van der Waals surface area contributed by atoms with Crippen LogP contribution in [0.2, 0.25) is 0 Å². The molecule has 0 saturated heterocycles. The largest absolute Gasteiger partial charge is 0.311 e. The normalized spacial score (nSPS) is 11.1. The quantitative estimate of drug-likeness (QED) is 0.130. The number of fused-ring (bicyclic) bond motifs is 1. The molecule has 5 heteroatoms. The Bertz CT molecular complexity index is 3040. The molecule has 1 aromatic heterocycles. The maximum Gasteiger partial charge on any atom is 0.168 e. The summed E-state index contributed by atoms with van der Waals surface area (Å²) < 4.78 is 2.21. The van der Waals surface area contributed by atoms with Crippen molar-refractivity contribution < 1.29 is 0 Å². The number of hydrogen-bond donors (Lipinski definition) is 0. The van der Waals surface area contributed by atoms with Crippen LogP contribution < -0.4 is 9.80 Å². The van der Waals surface area contributed by atoms with Gasteiger partial charge in [0, 0.05) is 50.6 Å². The molecule has 0 aliphatic heterocycles. The summed E-state index contributed by atoms with van der Waals surface area (Å²) in [6.07, 6.45) is 0. The summed E-state index contributed by atoms with van der Waals surface area (Å²) in [5, 5.41) is 12.1. The maximum atomic E-state index is 4.90. The molecule has 0 saturated carbocycles. The summed E-state index contributed by atoms with van der Waals surface area (Å²) in [5.41, 5.74) is 14.2. The average Bonchev–Trinajstić information content (AvgIpc) is 3.83. The van der Waals surface area contributed by atoms with Crippen molar-refractivity contribution in [2.24, 2.45) is 0 Å². The third-order valence-corrected chi connectivity index (χ3v) is 11.9. The monoisotopic (exact) mass is 833 g/mol. The predicted octanol–water partition coefficient (Wildman–Crippen LogP) is 16.0. The third kappa shape index (κ3) is 7.84. The molecule has 0 aliphatic carbocycles. The van der Waals surface area contributed by atoms with Crippen LogP contribution in [0.25, 0.3) is 61.5 Å². The van der Waals surface area contributed by atoms with Gasteiger partial charge in [-0.3, -0.25) is 4.57 Å². The van der Waals surface area contributed by atoms with Crippen LogP contribution in [0.4, 0.5) is 34.1 Å². The fraction of sp³-hybridized carbons (Fsp3) is 0. The fourth-order valence-corrected chi connectivity index (χ4v) is 8.72. The van der Waals surface area contributed by atoms with Gasteiger partial charge in [-0.25, -0.2) is 0 Å². The van der Waals surface area contributed by atoms with E-state index in [-0.39, 0.29) is 0 Å². The number of nitrogens with zero attached hydrogens (tertiary/aromatic N) is 5. The Labute approximate surface area is 379 Å². The SMILES string of the molecule is c1ccc(N(c2ccccc2)c2ccc(-c3ccc(-c4nnc(-c5ccc(-c6ccc(N(c7ccccc7)c7ccccc7)cc6)cc5)n4-c4cccc5ccccc45)cc3)cc2)cc1. The highest BCUT2D eigenvalue weighted by Crippen LogP contribution is 2.39. The van der Waals surface area contributed by atoms with E-state index in [0.717, 1.165) is 95.6 Å². The number of aromatic nitrogens is 3. The Kier molecular flexibility index (Phi) is 10.5. The molecular weight excluding hydrogens is 791 g/mol. The molecule has 0 atom stereocenters. The first-order valence-electron chi connectivity index (χ1n) is 21.9. The summed E-state index contributed by atoms with van der Waals surface area (Å²) in [6, 6.07) is 91.8. The summed E-state index contributed by atoms with van der Waals surface area (Å²) >= 11 is 0. The van der Waals surface area contributed by atoms with Crippen LogP contribution in [0.5, 0.6) is 0 Å². The molecule has 0 spiro atoms. The lowest BCUT2D eigenvalue weighted by atomic mass is 10.0. The summed E-state index contributed by atoms with van der Waals surface area (Å²) in [7, 11) is 0. The first-order chi connectivity index (χ1) is 32.2. The first-order valence-corrected chi connectivity index (χ1v) is 21.9. The van der Waals surface area contributed by atoms with Crippen molar-refractivity contribution in [2.75, 3.05) is 9.80 Å². The smallest absolute Gasteiger partial charge is 0.168 e. The number of hydrogen-bond acceptors (Lipinski definition) is 4. The second-order valence-corrected chi connectivity index (χ2v) is 15.9. The van der Waals surface area contributed by atoms with E-state index in [0.29, 0.717) is 0 Å². The fourth-order valence-electron chi connectivity index (χ4n) is 8.72. The van der Waals surface area contributed by atoms with Gasteiger partial charge in [0.1, 0.15) is 0 Å². The lowest BCUT2D eigenvalue weighted by Crippen LogP contribution is -2.09. The Hall–Kier alpha value is -8.80. The van der Waals surface area contributed by atoms with Crippen molar-refractivity contribution in [1.82, 2.24) is 14.8 Å². The molecular formula is C60H43N5. The van der Waals surface area contributed by atoms with Crippen molar-refractivity contribution in [1.29, 1.82) is 0 Å². The Morgan fingerprint density at radius 3 is 0.923 bits per heavy atom. The summed E-state index contributed by atoms with van der Waals surface area (Å²) in [4.78, 5) is 4.56. The van der Waals surface area contributed by atoms with Gasteiger partial charge in [0.25, 0.3) is 0 Å². The molecule has 11 rings (SSSR count). The lowest BCUT2D eigenvalue weighted by Gasteiger charge is -2.25. The van der Waals surface area contributed by atoms with Gasteiger partial charge in [-0.05, 0) is 107 Å². The van der Waals surface area contributed by atoms with Gasteiger partial charge >= 0.3 is 0 Å². The molecule has 308 valence electrons. The minimum absolute atomic E-state index is 0.778.